The van der Waals surface area contributed by atoms with Crippen LogP contribution in [0.15, 0.2) is 51.7 Å². The van der Waals surface area contributed by atoms with Crippen LogP contribution in [-0.4, -0.2) is 12.6 Å². The van der Waals surface area contributed by atoms with E-state index in [-0.39, 0.29) is 24.6 Å². The standard InChI is InChI=1S/C18H14N2O4.ClH/c1-10(19)20-12-3-5-15-13(7-12)14(21)8-17(24-15)11-2-4-16-18(6-11)23-9-22-16;/h2-8H,9H2,1H3,(H2,19,20);1H. The second-order valence-electron chi connectivity index (χ2n) is 5.50. The Labute approximate surface area is 149 Å². The van der Waals surface area contributed by atoms with Crippen LogP contribution in [0.5, 0.6) is 11.5 Å². The molecule has 7 heteroatoms. The Morgan fingerprint density at radius 2 is 1.88 bits per heavy atom. The summed E-state index contributed by atoms with van der Waals surface area (Å²) < 4.78 is 16.5. The first-order valence-electron chi connectivity index (χ1n) is 7.40. The van der Waals surface area contributed by atoms with E-state index in [0.717, 1.165) is 5.56 Å². The number of hydrogen-bond acceptors (Lipinski definition) is 5. The smallest absolute Gasteiger partial charge is 0.231 e. The third-order valence-corrected chi connectivity index (χ3v) is 3.72. The molecule has 6 nitrogen and oxygen atoms in total. The van der Waals surface area contributed by atoms with E-state index in [1.807, 2.05) is 6.07 Å². The topological polar surface area (TPSA) is 84.6 Å². The molecule has 1 aliphatic rings. The van der Waals surface area contributed by atoms with Gasteiger partial charge in [0.1, 0.15) is 11.3 Å². The maximum atomic E-state index is 12.4. The second kappa shape index (κ2) is 6.49. The Hall–Kier alpha value is -2.99. The van der Waals surface area contributed by atoms with Crippen molar-refractivity contribution >= 4 is 34.9 Å². The van der Waals surface area contributed by atoms with E-state index in [9.17, 15) is 4.79 Å². The SMILES string of the molecule is CC(=N)Nc1ccc2oc(-c3ccc4c(c3)OCO4)cc(=O)c2c1.Cl. The number of fused-ring (bicyclic) bond motifs is 2. The van der Waals surface area contributed by atoms with Gasteiger partial charge in [-0.3, -0.25) is 10.2 Å². The van der Waals surface area contributed by atoms with Gasteiger partial charge in [-0.2, -0.15) is 0 Å². The molecule has 25 heavy (non-hydrogen) atoms. The summed E-state index contributed by atoms with van der Waals surface area (Å²) in [4.78, 5) is 12.4. The van der Waals surface area contributed by atoms with E-state index < -0.39 is 0 Å². The van der Waals surface area contributed by atoms with Gasteiger partial charge in [-0.05, 0) is 43.3 Å². The number of rotatable bonds is 2. The second-order valence-corrected chi connectivity index (χ2v) is 5.50. The van der Waals surface area contributed by atoms with E-state index in [1.165, 1.54) is 6.07 Å². The first-order chi connectivity index (χ1) is 11.6. The summed E-state index contributed by atoms with van der Waals surface area (Å²) in [5.41, 5.74) is 1.77. The van der Waals surface area contributed by atoms with Crippen molar-refractivity contribution in [2.45, 2.75) is 6.92 Å². The Morgan fingerprint density at radius 1 is 1.08 bits per heavy atom. The average molecular weight is 359 g/mol. The first kappa shape index (κ1) is 16.9. The van der Waals surface area contributed by atoms with Gasteiger partial charge in [-0.15, -0.1) is 12.4 Å². The van der Waals surface area contributed by atoms with Crippen molar-refractivity contribution < 1.29 is 13.9 Å². The minimum Gasteiger partial charge on any atom is -0.456 e. The van der Waals surface area contributed by atoms with Crippen LogP contribution in [0, 0.1) is 5.41 Å². The highest BCUT2D eigenvalue weighted by Crippen LogP contribution is 2.36. The molecule has 2 N–H and O–H groups in total. The highest BCUT2D eigenvalue weighted by atomic mass is 35.5. The lowest BCUT2D eigenvalue weighted by molar-refractivity contribution is 0.174. The molecule has 2 aromatic carbocycles. The summed E-state index contributed by atoms with van der Waals surface area (Å²) in [5, 5.41) is 10.8. The Morgan fingerprint density at radius 3 is 2.68 bits per heavy atom. The van der Waals surface area contributed by atoms with Gasteiger partial charge in [0.2, 0.25) is 6.79 Å². The zero-order valence-electron chi connectivity index (χ0n) is 13.3. The number of nitrogens with one attached hydrogen (secondary N) is 2. The number of benzene rings is 2. The van der Waals surface area contributed by atoms with Crippen LogP contribution < -0.4 is 20.2 Å². The molecule has 0 atom stereocenters. The molecule has 0 saturated carbocycles. The molecular formula is C18H15ClN2O4. The molecule has 0 saturated heterocycles. The van der Waals surface area contributed by atoms with Crippen molar-refractivity contribution in [2.24, 2.45) is 0 Å². The number of amidine groups is 1. The molecule has 0 spiro atoms. The van der Waals surface area contributed by atoms with E-state index in [2.05, 4.69) is 5.32 Å². The molecule has 0 fully saturated rings. The van der Waals surface area contributed by atoms with Crippen molar-refractivity contribution in [3.05, 3.63) is 52.7 Å². The van der Waals surface area contributed by atoms with Crippen molar-refractivity contribution in [3.8, 4) is 22.8 Å². The third-order valence-electron chi connectivity index (χ3n) is 3.72. The molecule has 0 bridgehead atoms. The molecular weight excluding hydrogens is 344 g/mol. The van der Waals surface area contributed by atoms with Crippen LogP contribution >= 0.6 is 12.4 Å². The lowest BCUT2D eigenvalue weighted by Crippen LogP contribution is -2.06. The summed E-state index contributed by atoms with van der Waals surface area (Å²) in [6.45, 7) is 1.83. The number of anilines is 1. The molecule has 0 aliphatic carbocycles. The Balaban J connectivity index is 0.00000182. The van der Waals surface area contributed by atoms with Gasteiger partial charge in [0.25, 0.3) is 0 Å². The van der Waals surface area contributed by atoms with Crippen molar-refractivity contribution in [1.82, 2.24) is 0 Å². The van der Waals surface area contributed by atoms with Crippen LogP contribution in [0.3, 0.4) is 0 Å². The van der Waals surface area contributed by atoms with Crippen molar-refractivity contribution in [2.75, 3.05) is 12.1 Å². The Kier molecular flexibility index (Phi) is 4.37. The summed E-state index contributed by atoms with van der Waals surface area (Å²) in [6, 6.07) is 12.0. The molecule has 4 rings (SSSR count). The van der Waals surface area contributed by atoms with Gasteiger partial charge in [0, 0.05) is 17.3 Å². The van der Waals surface area contributed by atoms with Gasteiger partial charge in [0.05, 0.1) is 11.2 Å². The van der Waals surface area contributed by atoms with Crippen LogP contribution in [-0.2, 0) is 0 Å². The van der Waals surface area contributed by atoms with Gasteiger partial charge in [-0.25, -0.2) is 0 Å². The van der Waals surface area contributed by atoms with Crippen molar-refractivity contribution in [1.29, 1.82) is 5.41 Å². The molecule has 0 amide bonds. The molecule has 3 aromatic rings. The summed E-state index contributed by atoms with van der Waals surface area (Å²) in [7, 11) is 0. The largest absolute Gasteiger partial charge is 0.456 e. The maximum Gasteiger partial charge on any atom is 0.231 e. The van der Waals surface area contributed by atoms with Gasteiger partial charge >= 0.3 is 0 Å². The van der Waals surface area contributed by atoms with Crippen molar-refractivity contribution in [3.63, 3.8) is 0 Å². The predicted molar refractivity (Wildman–Crippen MR) is 98.3 cm³/mol. The van der Waals surface area contributed by atoms with Gasteiger partial charge in [-0.1, -0.05) is 0 Å². The molecule has 1 aromatic heterocycles. The first-order valence-corrected chi connectivity index (χ1v) is 7.40. The lowest BCUT2D eigenvalue weighted by Gasteiger charge is -2.07. The zero-order valence-corrected chi connectivity index (χ0v) is 14.1. The highest BCUT2D eigenvalue weighted by Gasteiger charge is 2.15. The van der Waals surface area contributed by atoms with Gasteiger partial charge in [0.15, 0.2) is 16.9 Å². The summed E-state index contributed by atoms with van der Waals surface area (Å²) >= 11 is 0. The molecule has 0 unspecified atom stereocenters. The lowest BCUT2D eigenvalue weighted by atomic mass is 10.1. The zero-order chi connectivity index (χ0) is 16.7. The Bertz CT molecular complexity index is 1030. The quantitative estimate of drug-likeness (QED) is 0.534. The monoisotopic (exact) mass is 358 g/mol. The average Bonchev–Trinajstić information content (AvgIpc) is 3.02. The van der Waals surface area contributed by atoms with E-state index >= 15 is 0 Å². The maximum absolute atomic E-state index is 12.4. The van der Waals surface area contributed by atoms with Crippen LogP contribution in [0.1, 0.15) is 6.92 Å². The highest BCUT2D eigenvalue weighted by molar-refractivity contribution is 5.93. The van der Waals surface area contributed by atoms with Crippen LogP contribution in [0.25, 0.3) is 22.3 Å². The van der Waals surface area contributed by atoms with E-state index in [4.69, 9.17) is 19.3 Å². The normalized spacial score (nSPS) is 11.9. The molecule has 0 radical (unpaired) electrons. The van der Waals surface area contributed by atoms with E-state index in [1.54, 1.807) is 37.3 Å². The molecule has 2 heterocycles. The van der Waals surface area contributed by atoms with Gasteiger partial charge < -0.3 is 19.2 Å². The fourth-order valence-corrected chi connectivity index (χ4v) is 2.64. The summed E-state index contributed by atoms with van der Waals surface area (Å²) in [6.07, 6.45) is 0. The molecule has 1 aliphatic heterocycles. The van der Waals surface area contributed by atoms with Crippen LogP contribution in [0.4, 0.5) is 5.69 Å². The van der Waals surface area contributed by atoms with Crippen LogP contribution in [0.2, 0.25) is 0 Å². The fraction of sp³-hybridized carbons (Fsp3) is 0.111. The predicted octanol–water partition coefficient (Wildman–Crippen LogP) is 4.02. The summed E-state index contributed by atoms with van der Waals surface area (Å²) in [5.74, 6) is 2.08. The molecule has 128 valence electrons. The minimum absolute atomic E-state index is 0. The fourth-order valence-electron chi connectivity index (χ4n) is 2.64. The van der Waals surface area contributed by atoms with E-state index in [0.29, 0.717) is 39.8 Å². The number of halogens is 1. The number of ether oxygens (including phenoxy) is 2. The minimum atomic E-state index is -0.143. The number of hydrogen-bond donors (Lipinski definition) is 2. The third kappa shape index (κ3) is 3.16.